The second-order valence-electron chi connectivity index (χ2n) is 5.90. The van der Waals surface area contributed by atoms with Crippen LogP contribution in [0.1, 0.15) is 31.7 Å². The van der Waals surface area contributed by atoms with Gasteiger partial charge in [0.1, 0.15) is 13.2 Å². The SMILES string of the molecule is CC1CCCC1CNCc1cc(Cl)c2c(c1)OCCO2. The first-order valence-electron chi connectivity index (χ1n) is 7.53. The molecule has 1 N–H and O–H groups in total. The van der Waals surface area contributed by atoms with Crippen molar-refractivity contribution in [3.05, 3.63) is 22.7 Å². The molecule has 1 aliphatic carbocycles. The van der Waals surface area contributed by atoms with E-state index < -0.39 is 0 Å². The molecule has 0 radical (unpaired) electrons. The zero-order valence-electron chi connectivity index (χ0n) is 12.0. The molecule has 0 amide bonds. The van der Waals surface area contributed by atoms with E-state index in [0.29, 0.717) is 24.0 Å². The second kappa shape index (κ2) is 6.23. The Morgan fingerprint density at radius 1 is 1.25 bits per heavy atom. The number of hydrogen-bond donors (Lipinski definition) is 1. The van der Waals surface area contributed by atoms with Crippen LogP contribution in [-0.4, -0.2) is 19.8 Å². The molecule has 0 bridgehead atoms. The minimum atomic E-state index is 0.573. The highest BCUT2D eigenvalue weighted by atomic mass is 35.5. The van der Waals surface area contributed by atoms with Gasteiger partial charge in [-0.15, -0.1) is 0 Å². The van der Waals surface area contributed by atoms with Crippen LogP contribution in [0.4, 0.5) is 0 Å². The third-order valence-corrected chi connectivity index (χ3v) is 4.71. The standard InChI is InChI=1S/C16H22ClNO2/c1-11-3-2-4-13(11)10-18-9-12-7-14(17)16-15(8-12)19-5-6-20-16/h7-8,11,13,18H,2-6,9-10H2,1H3. The smallest absolute Gasteiger partial charge is 0.179 e. The number of halogens is 1. The van der Waals surface area contributed by atoms with Gasteiger partial charge in [0, 0.05) is 6.54 Å². The summed E-state index contributed by atoms with van der Waals surface area (Å²) < 4.78 is 11.1. The maximum Gasteiger partial charge on any atom is 0.179 e. The van der Waals surface area contributed by atoms with Crippen LogP contribution in [0.25, 0.3) is 0 Å². The van der Waals surface area contributed by atoms with Gasteiger partial charge in [-0.2, -0.15) is 0 Å². The highest BCUT2D eigenvalue weighted by molar-refractivity contribution is 6.32. The van der Waals surface area contributed by atoms with Crippen LogP contribution >= 0.6 is 11.6 Å². The van der Waals surface area contributed by atoms with E-state index in [0.717, 1.165) is 36.2 Å². The number of nitrogens with one attached hydrogen (secondary N) is 1. The summed E-state index contributed by atoms with van der Waals surface area (Å²) in [5.41, 5.74) is 1.16. The molecule has 110 valence electrons. The minimum Gasteiger partial charge on any atom is -0.486 e. The molecule has 2 atom stereocenters. The Labute approximate surface area is 125 Å². The predicted octanol–water partition coefficient (Wildman–Crippen LogP) is 3.64. The van der Waals surface area contributed by atoms with E-state index in [2.05, 4.69) is 12.2 Å². The van der Waals surface area contributed by atoms with Crippen molar-refractivity contribution in [2.45, 2.75) is 32.7 Å². The lowest BCUT2D eigenvalue weighted by molar-refractivity contribution is 0.171. The third-order valence-electron chi connectivity index (χ3n) is 4.43. The summed E-state index contributed by atoms with van der Waals surface area (Å²) in [5.74, 6) is 3.13. The van der Waals surface area contributed by atoms with Crippen LogP contribution in [-0.2, 0) is 6.54 Å². The van der Waals surface area contributed by atoms with E-state index in [1.165, 1.54) is 19.3 Å². The van der Waals surface area contributed by atoms with Crippen molar-refractivity contribution in [1.82, 2.24) is 5.32 Å². The van der Waals surface area contributed by atoms with Gasteiger partial charge >= 0.3 is 0 Å². The lowest BCUT2D eigenvalue weighted by Gasteiger charge is -2.21. The van der Waals surface area contributed by atoms with Gasteiger partial charge in [-0.05, 0) is 42.5 Å². The molecule has 3 rings (SSSR count). The van der Waals surface area contributed by atoms with Crippen LogP contribution in [0.5, 0.6) is 11.5 Å². The molecule has 1 aromatic carbocycles. The van der Waals surface area contributed by atoms with Gasteiger partial charge < -0.3 is 14.8 Å². The fraction of sp³-hybridized carbons (Fsp3) is 0.625. The first-order valence-corrected chi connectivity index (χ1v) is 7.90. The Kier molecular flexibility index (Phi) is 4.37. The summed E-state index contributed by atoms with van der Waals surface area (Å²) in [7, 11) is 0. The van der Waals surface area contributed by atoms with Gasteiger partial charge in [0.25, 0.3) is 0 Å². The highest BCUT2D eigenvalue weighted by Crippen LogP contribution is 2.38. The lowest BCUT2D eigenvalue weighted by atomic mass is 9.98. The van der Waals surface area contributed by atoms with Crippen molar-refractivity contribution in [3.63, 3.8) is 0 Å². The van der Waals surface area contributed by atoms with Gasteiger partial charge in [-0.1, -0.05) is 31.4 Å². The number of fused-ring (bicyclic) bond motifs is 1. The van der Waals surface area contributed by atoms with Gasteiger partial charge in [0.05, 0.1) is 5.02 Å². The molecule has 3 nitrogen and oxygen atoms in total. The molecule has 1 aromatic rings. The first-order chi connectivity index (χ1) is 9.74. The van der Waals surface area contributed by atoms with Crippen molar-refractivity contribution < 1.29 is 9.47 Å². The number of ether oxygens (including phenoxy) is 2. The van der Waals surface area contributed by atoms with Crippen molar-refractivity contribution in [1.29, 1.82) is 0 Å². The van der Waals surface area contributed by atoms with Crippen LogP contribution in [0.3, 0.4) is 0 Å². The topological polar surface area (TPSA) is 30.5 Å². The molecular formula is C16H22ClNO2. The monoisotopic (exact) mass is 295 g/mol. The zero-order chi connectivity index (χ0) is 13.9. The van der Waals surface area contributed by atoms with Gasteiger partial charge in [-0.25, -0.2) is 0 Å². The molecule has 1 saturated carbocycles. The number of hydrogen-bond acceptors (Lipinski definition) is 3. The Bertz CT molecular complexity index is 478. The Morgan fingerprint density at radius 3 is 2.90 bits per heavy atom. The molecule has 4 heteroatoms. The van der Waals surface area contributed by atoms with E-state index >= 15 is 0 Å². The largest absolute Gasteiger partial charge is 0.486 e. The summed E-state index contributed by atoms with van der Waals surface area (Å²) in [6.45, 7) is 5.46. The molecule has 2 unspecified atom stereocenters. The van der Waals surface area contributed by atoms with Gasteiger partial charge in [0.15, 0.2) is 11.5 Å². The van der Waals surface area contributed by atoms with Crippen LogP contribution in [0.15, 0.2) is 12.1 Å². The molecule has 1 fully saturated rings. The molecule has 1 heterocycles. The van der Waals surface area contributed by atoms with Crippen LogP contribution in [0.2, 0.25) is 5.02 Å². The van der Waals surface area contributed by atoms with E-state index in [-0.39, 0.29) is 0 Å². The maximum atomic E-state index is 6.24. The molecule has 20 heavy (non-hydrogen) atoms. The predicted molar refractivity (Wildman–Crippen MR) is 80.7 cm³/mol. The molecular weight excluding hydrogens is 274 g/mol. The van der Waals surface area contributed by atoms with E-state index in [9.17, 15) is 0 Å². The van der Waals surface area contributed by atoms with E-state index in [1.807, 2.05) is 12.1 Å². The third kappa shape index (κ3) is 3.04. The van der Waals surface area contributed by atoms with Crippen molar-refractivity contribution in [3.8, 4) is 11.5 Å². The molecule has 0 spiro atoms. The molecule has 1 aliphatic heterocycles. The normalized spacial score (nSPS) is 24.9. The fourth-order valence-corrected chi connectivity index (χ4v) is 3.48. The van der Waals surface area contributed by atoms with Crippen molar-refractivity contribution in [2.75, 3.05) is 19.8 Å². The maximum absolute atomic E-state index is 6.24. The summed E-state index contributed by atoms with van der Waals surface area (Å²) in [6, 6.07) is 4.01. The first kappa shape index (κ1) is 14.0. The highest BCUT2D eigenvalue weighted by Gasteiger charge is 2.22. The molecule has 2 aliphatic rings. The summed E-state index contributed by atoms with van der Waals surface area (Å²) in [5, 5.41) is 4.20. The van der Waals surface area contributed by atoms with Crippen molar-refractivity contribution in [2.24, 2.45) is 11.8 Å². The Balaban J connectivity index is 1.59. The summed E-state index contributed by atoms with van der Waals surface area (Å²) >= 11 is 6.24. The zero-order valence-corrected chi connectivity index (χ0v) is 12.7. The summed E-state index contributed by atoms with van der Waals surface area (Å²) in [4.78, 5) is 0. The fourth-order valence-electron chi connectivity index (χ4n) is 3.19. The Hall–Kier alpha value is -0.930. The van der Waals surface area contributed by atoms with Crippen molar-refractivity contribution >= 4 is 11.6 Å². The lowest BCUT2D eigenvalue weighted by Crippen LogP contribution is -2.24. The van der Waals surface area contributed by atoms with E-state index in [1.54, 1.807) is 0 Å². The average Bonchev–Trinajstić information content (AvgIpc) is 2.85. The quantitative estimate of drug-likeness (QED) is 0.920. The second-order valence-corrected chi connectivity index (χ2v) is 6.31. The summed E-state index contributed by atoms with van der Waals surface area (Å²) in [6.07, 6.45) is 4.11. The number of rotatable bonds is 4. The van der Waals surface area contributed by atoms with E-state index in [4.69, 9.17) is 21.1 Å². The van der Waals surface area contributed by atoms with Gasteiger partial charge in [-0.3, -0.25) is 0 Å². The van der Waals surface area contributed by atoms with Crippen LogP contribution in [0, 0.1) is 11.8 Å². The molecule has 0 saturated heterocycles. The average molecular weight is 296 g/mol. The van der Waals surface area contributed by atoms with Gasteiger partial charge in [0.2, 0.25) is 0 Å². The van der Waals surface area contributed by atoms with Crippen LogP contribution < -0.4 is 14.8 Å². The number of benzene rings is 1. The minimum absolute atomic E-state index is 0.573. The Morgan fingerprint density at radius 2 is 2.10 bits per heavy atom. The molecule has 0 aromatic heterocycles.